The van der Waals surface area contributed by atoms with Crippen LogP contribution in [0.5, 0.6) is 0 Å². The fourth-order valence-corrected chi connectivity index (χ4v) is 3.33. The Balaban J connectivity index is 2.63. The lowest BCUT2D eigenvalue weighted by Gasteiger charge is -2.33. The Morgan fingerprint density at radius 3 is 2.25 bits per heavy atom. The van der Waals surface area contributed by atoms with E-state index in [1.807, 2.05) is 13.8 Å². The molecular weight excluding hydrogens is 254 g/mol. The van der Waals surface area contributed by atoms with Crippen LogP contribution in [0.3, 0.4) is 0 Å². The number of hydrogen-bond acceptors (Lipinski definition) is 2. The molecule has 0 bridgehead atoms. The predicted octanol–water partition coefficient (Wildman–Crippen LogP) is 3.35. The number of hydrogen-bond donors (Lipinski definition) is 2. The van der Waals surface area contributed by atoms with Gasteiger partial charge in [0.1, 0.15) is 0 Å². The zero-order chi connectivity index (χ0) is 15.2. The van der Waals surface area contributed by atoms with Crippen LogP contribution in [-0.2, 0) is 9.59 Å². The van der Waals surface area contributed by atoms with Crippen LogP contribution in [0.25, 0.3) is 0 Å². The quantitative estimate of drug-likeness (QED) is 0.753. The van der Waals surface area contributed by atoms with Crippen molar-refractivity contribution in [3.63, 3.8) is 0 Å². The average Bonchev–Trinajstić information content (AvgIpc) is 2.45. The summed E-state index contributed by atoms with van der Waals surface area (Å²) in [5, 5.41) is 12.5. The Hall–Kier alpha value is -1.06. The summed E-state index contributed by atoms with van der Waals surface area (Å²) < 4.78 is 0. The molecule has 4 nitrogen and oxygen atoms in total. The first-order valence-electron chi connectivity index (χ1n) is 8.01. The van der Waals surface area contributed by atoms with Crippen molar-refractivity contribution in [1.29, 1.82) is 0 Å². The standard InChI is InChI=1S/C16H29NO3/c1-4-12-9-7-8-10-13(12)17-14(18)11-16(5-2,6-3)15(19)20/h12-13H,4-11H2,1-3H3,(H,17,18)(H,19,20). The average molecular weight is 283 g/mol. The van der Waals surface area contributed by atoms with Crippen molar-refractivity contribution >= 4 is 11.9 Å². The second-order valence-electron chi connectivity index (χ2n) is 6.10. The summed E-state index contributed by atoms with van der Waals surface area (Å²) in [5.41, 5.74) is -0.902. The molecule has 2 N–H and O–H groups in total. The summed E-state index contributed by atoms with van der Waals surface area (Å²) in [6.45, 7) is 5.86. The van der Waals surface area contributed by atoms with Gasteiger partial charge in [-0.3, -0.25) is 9.59 Å². The Bertz CT molecular complexity index is 337. The fraction of sp³-hybridized carbons (Fsp3) is 0.875. The Kier molecular flexibility index (Phi) is 6.50. The second kappa shape index (κ2) is 7.65. The smallest absolute Gasteiger partial charge is 0.310 e. The minimum atomic E-state index is -0.902. The third-order valence-corrected chi connectivity index (χ3v) is 5.09. The molecule has 116 valence electrons. The topological polar surface area (TPSA) is 66.4 Å². The number of aliphatic carboxylic acids is 1. The Morgan fingerprint density at radius 2 is 1.75 bits per heavy atom. The van der Waals surface area contributed by atoms with Crippen molar-refractivity contribution in [2.45, 2.75) is 78.2 Å². The number of carbonyl (C=O) groups is 2. The highest BCUT2D eigenvalue weighted by atomic mass is 16.4. The van der Waals surface area contributed by atoms with Gasteiger partial charge in [-0.05, 0) is 31.6 Å². The first-order chi connectivity index (χ1) is 9.49. The van der Waals surface area contributed by atoms with E-state index >= 15 is 0 Å². The van der Waals surface area contributed by atoms with E-state index in [2.05, 4.69) is 12.2 Å². The van der Waals surface area contributed by atoms with Gasteiger partial charge in [-0.25, -0.2) is 0 Å². The van der Waals surface area contributed by atoms with Crippen molar-refractivity contribution in [3.8, 4) is 0 Å². The van der Waals surface area contributed by atoms with Crippen molar-refractivity contribution < 1.29 is 14.7 Å². The minimum Gasteiger partial charge on any atom is -0.481 e. The first-order valence-corrected chi connectivity index (χ1v) is 8.01. The van der Waals surface area contributed by atoms with Crippen molar-refractivity contribution in [1.82, 2.24) is 5.32 Å². The van der Waals surface area contributed by atoms with E-state index in [0.717, 1.165) is 19.3 Å². The number of nitrogens with one attached hydrogen (secondary N) is 1. The molecule has 0 radical (unpaired) electrons. The van der Waals surface area contributed by atoms with Gasteiger partial charge in [0, 0.05) is 12.5 Å². The molecule has 0 heterocycles. The number of carboxylic acid groups (broad SMARTS) is 1. The number of rotatable bonds is 7. The molecular formula is C16H29NO3. The number of carbonyl (C=O) groups excluding carboxylic acids is 1. The van der Waals surface area contributed by atoms with E-state index in [0.29, 0.717) is 18.8 Å². The van der Waals surface area contributed by atoms with Gasteiger partial charge in [0.05, 0.1) is 5.41 Å². The molecule has 1 fully saturated rings. The Labute approximate surface area is 122 Å². The van der Waals surface area contributed by atoms with Gasteiger partial charge in [-0.1, -0.05) is 40.0 Å². The highest BCUT2D eigenvalue weighted by Gasteiger charge is 2.38. The van der Waals surface area contributed by atoms with Crippen molar-refractivity contribution in [2.24, 2.45) is 11.3 Å². The predicted molar refractivity (Wildman–Crippen MR) is 79.4 cm³/mol. The van der Waals surface area contributed by atoms with E-state index < -0.39 is 11.4 Å². The normalized spacial score (nSPS) is 23.4. The zero-order valence-electron chi connectivity index (χ0n) is 13.1. The van der Waals surface area contributed by atoms with E-state index in [1.54, 1.807) is 0 Å². The highest BCUT2D eigenvalue weighted by Crippen LogP contribution is 2.32. The molecule has 0 aromatic carbocycles. The van der Waals surface area contributed by atoms with Crippen LogP contribution in [0.1, 0.15) is 72.1 Å². The summed E-state index contributed by atoms with van der Waals surface area (Å²) in [6.07, 6.45) is 6.78. The van der Waals surface area contributed by atoms with Gasteiger partial charge in [0.15, 0.2) is 0 Å². The van der Waals surface area contributed by atoms with Gasteiger partial charge in [-0.15, -0.1) is 0 Å². The maximum Gasteiger partial charge on any atom is 0.310 e. The molecule has 2 unspecified atom stereocenters. The zero-order valence-corrected chi connectivity index (χ0v) is 13.1. The van der Waals surface area contributed by atoms with Crippen LogP contribution >= 0.6 is 0 Å². The summed E-state index contributed by atoms with van der Waals surface area (Å²) in [7, 11) is 0. The SMILES string of the molecule is CCC1CCCCC1NC(=O)CC(CC)(CC)C(=O)O. The third-order valence-electron chi connectivity index (χ3n) is 5.09. The number of carboxylic acids is 1. The van der Waals surface area contributed by atoms with E-state index in [1.165, 1.54) is 12.8 Å². The van der Waals surface area contributed by atoms with Crippen LogP contribution in [0.15, 0.2) is 0 Å². The molecule has 1 aliphatic carbocycles. The van der Waals surface area contributed by atoms with E-state index in [4.69, 9.17) is 0 Å². The molecule has 0 saturated heterocycles. The van der Waals surface area contributed by atoms with Crippen LogP contribution in [0, 0.1) is 11.3 Å². The highest BCUT2D eigenvalue weighted by molar-refractivity contribution is 5.85. The van der Waals surface area contributed by atoms with Gasteiger partial charge < -0.3 is 10.4 Å². The summed E-state index contributed by atoms with van der Waals surface area (Å²) in [4.78, 5) is 23.7. The van der Waals surface area contributed by atoms with Crippen LogP contribution in [-0.4, -0.2) is 23.0 Å². The molecule has 0 aliphatic heterocycles. The molecule has 4 heteroatoms. The Morgan fingerprint density at radius 1 is 1.15 bits per heavy atom. The summed E-state index contributed by atoms with van der Waals surface area (Å²) in [5.74, 6) is -0.398. The van der Waals surface area contributed by atoms with Gasteiger partial charge in [-0.2, -0.15) is 0 Å². The molecule has 0 spiro atoms. The first kappa shape index (κ1) is 17.0. The molecule has 1 aliphatic rings. The molecule has 0 aromatic heterocycles. The maximum absolute atomic E-state index is 12.2. The lowest BCUT2D eigenvalue weighted by Crippen LogP contribution is -2.45. The molecule has 1 amide bonds. The van der Waals surface area contributed by atoms with E-state index in [9.17, 15) is 14.7 Å². The van der Waals surface area contributed by atoms with Crippen LogP contribution in [0.4, 0.5) is 0 Å². The van der Waals surface area contributed by atoms with Crippen LogP contribution in [0.2, 0.25) is 0 Å². The molecule has 20 heavy (non-hydrogen) atoms. The largest absolute Gasteiger partial charge is 0.481 e. The fourth-order valence-electron chi connectivity index (χ4n) is 3.33. The molecule has 1 rings (SSSR count). The number of amides is 1. The second-order valence-corrected chi connectivity index (χ2v) is 6.10. The molecule has 2 atom stereocenters. The maximum atomic E-state index is 12.2. The molecule has 1 saturated carbocycles. The summed E-state index contributed by atoms with van der Waals surface area (Å²) in [6, 6.07) is 0.237. The van der Waals surface area contributed by atoms with Gasteiger partial charge in [0.25, 0.3) is 0 Å². The monoisotopic (exact) mass is 283 g/mol. The minimum absolute atomic E-state index is 0.0959. The molecule has 0 aromatic rings. The van der Waals surface area contributed by atoms with Crippen molar-refractivity contribution in [2.75, 3.05) is 0 Å². The third kappa shape index (κ3) is 3.97. The van der Waals surface area contributed by atoms with E-state index in [-0.39, 0.29) is 18.4 Å². The van der Waals surface area contributed by atoms with Gasteiger partial charge in [0.2, 0.25) is 5.91 Å². The lowest BCUT2D eigenvalue weighted by atomic mass is 9.78. The van der Waals surface area contributed by atoms with Crippen LogP contribution < -0.4 is 5.32 Å². The lowest BCUT2D eigenvalue weighted by molar-refractivity contribution is -0.152. The van der Waals surface area contributed by atoms with Gasteiger partial charge >= 0.3 is 5.97 Å². The van der Waals surface area contributed by atoms with Crippen molar-refractivity contribution in [3.05, 3.63) is 0 Å². The summed E-state index contributed by atoms with van der Waals surface area (Å²) >= 11 is 0.